The molecular formula is C32H41FN4O3. The highest BCUT2D eigenvalue weighted by Crippen LogP contribution is 2.20. The van der Waals surface area contributed by atoms with Crippen molar-refractivity contribution in [3.63, 3.8) is 0 Å². The van der Waals surface area contributed by atoms with Gasteiger partial charge in [0, 0.05) is 43.7 Å². The Morgan fingerprint density at radius 1 is 1.12 bits per heavy atom. The molecule has 0 aliphatic carbocycles. The number of fused-ring (bicyclic) bond motifs is 4. The lowest BCUT2D eigenvalue weighted by Crippen LogP contribution is -2.48. The first-order valence-electron chi connectivity index (χ1n) is 14.1. The Morgan fingerprint density at radius 3 is 2.77 bits per heavy atom. The van der Waals surface area contributed by atoms with Crippen LogP contribution in [0.4, 0.5) is 4.39 Å². The molecule has 3 N–H and O–H groups in total. The Kier molecular flexibility index (Phi) is 10.6. The topological polar surface area (TPSA) is 86.7 Å². The van der Waals surface area contributed by atoms with E-state index in [2.05, 4.69) is 46.6 Å². The van der Waals surface area contributed by atoms with E-state index in [1.807, 2.05) is 25.3 Å². The number of hydrogen-bond acceptors (Lipinski definition) is 6. The molecule has 0 fully saturated rings. The maximum atomic E-state index is 14.5. The molecule has 0 spiro atoms. The Bertz CT molecular complexity index is 1280. The molecule has 1 aromatic heterocycles. The second kappa shape index (κ2) is 14.3. The monoisotopic (exact) mass is 548 g/mol. The van der Waals surface area contributed by atoms with Crippen LogP contribution in [0, 0.1) is 12.7 Å². The van der Waals surface area contributed by atoms with Crippen molar-refractivity contribution in [1.29, 1.82) is 0 Å². The molecular weight excluding hydrogens is 507 g/mol. The summed E-state index contributed by atoms with van der Waals surface area (Å²) in [4.78, 5) is 20.0. The molecule has 214 valence electrons. The minimum atomic E-state index is -0.920. The molecule has 0 saturated heterocycles. The van der Waals surface area contributed by atoms with E-state index in [1.54, 1.807) is 12.3 Å². The number of carbonyl (C=O) groups excluding carboxylic acids is 1. The number of nitrogens with zero attached hydrogens (tertiary/aromatic N) is 2. The van der Waals surface area contributed by atoms with E-state index in [1.165, 1.54) is 12.1 Å². The zero-order chi connectivity index (χ0) is 28.5. The van der Waals surface area contributed by atoms with E-state index in [-0.39, 0.29) is 18.9 Å². The Labute approximate surface area is 236 Å². The number of aliphatic hydroxyl groups is 1. The number of hydrogen-bond donors (Lipinski definition) is 3. The first-order valence-corrected chi connectivity index (χ1v) is 14.1. The molecule has 4 rings (SSSR count). The van der Waals surface area contributed by atoms with Crippen LogP contribution in [0.5, 0.6) is 5.75 Å². The lowest BCUT2D eigenvalue weighted by atomic mass is 9.99. The molecule has 3 aromatic rings. The van der Waals surface area contributed by atoms with Gasteiger partial charge in [0.1, 0.15) is 11.6 Å². The fourth-order valence-electron chi connectivity index (χ4n) is 5.10. The first kappa shape index (κ1) is 29.6. The van der Waals surface area contributed by atoms with Gasteiger partial charge in [-0.05, 0) is 92.7 Å². The number of aliphatic hydroxyl groups excluding tert-OH is 1. The number of amides is 1. The van der Waals surface area contributed by atoms with Crippen LogP contribution in [-0.4, -0.2) is 59.8 Å². The molecule has 1 aliphatic rings. The van der Waals surface area contributed by atoms with Crippen LogP contribution in [0.15, 0.2) is 54.9 Å². The van der Waals surface area contributed by atoms with E-state index in [0.717, 1.165) is 54.6 Å². The van der Waals surface area contributed by atoms with Crippen molar-refractivity contribution in [2.45, 2.75) is 64.8 Å². The molecule has 0 unspecified atom stereocenters. The van der Waals surface area contributed by atoms with Crippen molar-refractivity contribution in [1.82, 2.24) is 20.5 Å². The fourth-order valence-corrected chi connectivity index (χ4v) is 5.10. The summed E-state index contributed by atoms with van der Waals surface area (Å²) in [5, 5.41) is 17.6. The molecule has 40 heavy (non-hydrogen) atoms. The summed E-state index contributed by atoms with van der Waals surface area (Å²) in [6.45, 7) is 6.93. The summed E-state index contributed by atoms with van der Waals surface area (Å²) in [5.74, 6) is -0.223. The van der Waals surface area contributed by atoms with Gasteiger partial charge in [-0.25, -0.2) is 4.39 Å². The van der Waals surface area contributed by atoms with Gasteiger partial charge in [-0.15, -0.1) is 0 Å². The van der Waals surface area contributed by atoms with Gasteiger partial charge in [0.05, 0.1) is 18.8 Å². The average molecular weight is 549 g/mol. The molecule has 1 aliphatic heterocycles. The van der Waals surface area contributed by atoms with Crippen molar-refractivity contribution in [2.75, 3.05) is 26.7 Å². The predicted molar refractivity (Wildman–Crippen MR) is 155 cm³/mol. The summed E-state index contributed by atoms with van der Waals surface area (Å²) >= 11 is 0. The van der Waals surface area contributed by atoms with Crippen molar-refractivity contribution in [2.24, 2.45) is 0 Å². The zero-order valence-corrected chi connectivity index (χ0v) is 23.8. The summed E-state index contributed by atoms with van der Waals surface area (Å²) in [7, 11) is 2.06. The number of rotatable bonds is 6. The van der Waals surface area contributed by atoms with Crippen LogP contribution in [0.25, 0.3) is 0 Å². The molecule has 1 amide bonds. The summed E-state index contributed by atoms with van der Waals surface area (Å²) in [6, 6.07) is 11.9. The number of ether oxygens (including phenoxy) is 1. The van der Waals surface area contributed by atoms with Gasteiger partial charge in [0.15, 0.2) is 0 Å². The lowest BCUT2D eigenvalue weighted by molar-refractivity contribution is 0.0829. The Morgan fingerprint density at radius 2 is 1.95 bits per heavy atom. The summed E-state index contributed by atoms with van der Waals surface area (Å²) in [6.07, 6.45) is 5.66. The largest absolute Gasteiger partial charge is 0.493 e. The molecule has 2 heterocycles. The number of nitrogens with one attached hydrogen (secondary N) is 2. The van der Waals surface area contributed by atoms with E-state index in [0.29, 0.717) is 30.0 Å². The molecule has 4 bridgehead atoms. The predicted octanol–water partition coefficient (Wildman–Crippen LogP) is 4.19. The Hall–Kier alpha value is -3.33. The van der Waals surface area contributed by atoms with Gasteiger partial charge in [0.25, 0.3) is 5.91 Å². The van der Waals surface area contributed by atoms with E-state index < -0.39 is 18.0 Å². The highest BCUT2D eigenvalue weighted by molar-refractivity contribution is 5.94. The van der Waals surface area contributed by atoms with Gasteiger partial charge in [-0.3, -0.25) is 9.78 Å². The number of pyridine rings is 1. The molecule has 8 heteroatoms. The lowest BCUT2D eigenvalue weighted by Gasteiger charge is -2.25. The van der Waals surface area contributed by atoms with Crippen LogP contribution in [0.3, 0.4) is 0 Å². The van der Waals surface area contributed by atoms with Gasteiger partial charge < -0.3 is 25.4 Å². The van der Waals surface area contributed by atoms with Gasteiger partial charge in [-0.1, -0.05) is 24.6 Å². The minimum Gasteiger partial charge on any atom is -0.493 e. The third-order valence-corrected chi connectivity index (χ3v) is 7.16. The molecule has 0 saturated carbocycles. The third-order valence-electron chi connectivity index (χ3n) is 7.16. The van der Waals surface area contributed by atoms with Crippen LogP contribution < -0.4 is 15.4 Å². The normalized spacial score (nSPS) is 17.9. The average Bonchev–Trinajstić information content (AvgIpc) is 2.91. The maximum Gasteiger partial charge on any atom is 0.251 e. The van der Waals surface area contributed by atoms with Crippen LogP contribution >= 0.6 is 0 Å². The van der Waals surface area contributed by atoms with E-state index >= 15 is 0 Å². The maximum absolute atomic E-state index is 14.5. The quantitative estimate of drug-likeness (QED) is 0.428. The highest BCUT2D eigenvalue weighted by atomic mass is 19.1. The molecule has 0 radical (unpaired) electrons. The second-order valence-electron chi connectivity index (χ2n) is 10.8. The number of halogens is 1. The fraction of sp³-hybridized carbons (Fsp3) is 0.438. The standard InChI is InChI=1S/C32H41FN4O3/c1-4-23-11-26(18-34-17-23)19-35-20-31(38)30-15-24-13-28(33)16-29(14-24)40-8-6-5-7-37(3)21-25-9-22(2)10-27(12-25)32(39)36-30/h9-14,16-18,30-31,35,38H,4-8,15,19-21H2,1-3H3,(H,36,39)/t30-,31+/m0/s1. The van der Waals surface area contributed by atoms with Gasteiger partial charge in [0.2, 0.25) is 0 Å². The van der Waals surface area contributed by atoms with Crippen LogP contribution in [0.1, 0.15) is 57.9 Å². The van der Waals surface area contributed by atoms with E-state index in [9.17, 15) is 14.3 Å². The highest BCUT2D eigenvalue weighted by Gasteiger charge is 2.24. The molecule has 2 aromatic carbocycles. The van der Waals surface area contributed by atoms with Crippen molar-refractivity contribution in [3.05, 3.63) is 94.1 Å². The van der Waals surface area contributed by atoms with Crippen LogP contribution in [-0.2, 0) is 25.9 Å². The third kappa shape index (κ3) is 8.84. The Balaban J connectivity index is 1.56. The zero-order valence-electron chi connectivity index (χ0n) is 23.8. The number of aromatic nitrogens is 1. The molecule has 2 atom stereocenters. The summed E-state index contributed by atoms with van der Waals surface area (Å²) in [5.41, 5.74) is 5.42. The van der Waals surface area contributed by atoms with Gasteiger partial charge >= 0.3 is 0 Å². The molecule has 7 nitrogen and oxygen atoms in total. The smallest absolute Gasteiger partial charge is 0.251 e. The number of aryl methyl sites for hydroxylation is 2. The summed E-state index contributed by atoms with van der Waals surface area (Å²) < 4.78 is 20.4. The van der Waals surface area contributed by atoms with Crippen molar-refractivity contribution >= 4 is 5.91 Å². The van der Waals surface area contributed by atoms with Crippen molar-refractivity contribution in [3.8, 4) is 5.75 Å². The van der Waals surface area contributed by atoms with Crippen LogP contribution in [0.2, 0.25) is 0 Å². The second-order valence-corrected chi connectivity index (χ2v) is 10.8. The first-order chi connectivity index (χ1) is 19.3. The minimum absolute atomic E-state index is 0.240. The SMILES string of the molecule is CCc1cncc(CNC[C@@H](O)[C@@H]2Cc3cc(F)cc(c3)OCCCCN(C)Cc3cc(C)cc(c3)C(=O)N2)c1. The number of benzene rings is 2. The van der Waals surface area contributed by atoms with E-state index in [4.69, 9.17) is 4.74 Å². The van der Waals surface area contributed by atoms with Gasteiger partial charge in [-0.2, -0.15) is 0 Å². The van der Waals surface area contributed by atoms with Crippen molar-refractivity contribution < 1.29 is 19.0 Å². The number of carbonyl (C=O) groups is 1.